The Labute approximate surface area is 125 Å². The fourth-order valence-electron chi connectivity index (χ4n) is 1.68. The van der Waals surface area contributed by atoms with Crippen LogP contribution in [0.4, 0.5) is 18.9 Å². The maximum absolute atomic E-state index is 12.8. The van der Waals surface area contributed by atoms with Crippen molar-refractivity contribution in [3.05, 3.63) is 29.3 Å². The second-order valence-corrected chi connectivity index (χ2v) is 5.42. The second-order valence-electron chi connectivity index (χ2n) is 4.60. The summed E-state index contributed by atoms with van der Waals surface area (Å²) in [6, 6.07) is 4.18. The zero-order valence-electron chi connectivity index (χ0n) is 11.1. The minimum Gasteiger partial charge on any atom is -0.323 e. The van der Waals surface area contributed by atoms with Crippen LogP contribution in [0.2, 0.25) is 0 Å². The molecule has 1 N–H and O–H groups in total. The molecule has 2 unspecified atom stereocenters. The van der Waals surface area contributed by atoms with Crippen LogP contribution in [0.1, 0.15) is 18.1 Å². The molecule has 0 aliphatic carbocycles. The van der Waals surface area contributed by atoms with Gasteiger partial charge in [-0.15, -0.1) is 0 Å². The Kier molecular flexibility index (Phi) is 4.23. The van der Waals surface area contributed by atoms with Crippen LogP contribution in [-0.2, 0) is 30.7 Å². The van der Waals surface area contributed by atoms with Crippen molar-refractivity contribution in [3.8, 4) is 6.07 Å². The zero-order valence-corrected chi connectivity index (χ0v) is 11.9. The molecule has 0 spiro atoms. The van der Waals surface area contributed by atoms with Crippen molar-refractivity contribution in [2.75, 3.05) is 11.9 Å². The van der Waals surface area contributed by atoms with Crippen LogP contribution in [0, 0.1) is 11.3 Å². The van der Waals surface area contributed by atoms with Gasteiger partial charge in [-0.1, -0.05) is 0 Å². The first-order chi connectivity index (χ1) is 10.2. The fraction of sp³-hybridized carbons (Fsp3) is 0.333. The first kappa shape index (κ1) is 16.4. The lowest BCUT2D eigenvalue weighted by molar-refractivity contribution is -0.137. The van der Waals surface area contributed by atoms with Crippen LogP contribution in [0.5, 0.6) is 0 Å². The van der Waals surface area contributed by atoms with Gasteiger partial charge in [0.15, 0.2) is 5.60 Å². The number of amides is 1. The highest BCUT2D eigenvalue weighted by molar-refractivity contribution is 7.75. The Morgan fingerprint density at radius 2 is 2.18 bits per heavy atom. The van der Waals surface area contributed by atoms with Crippen molar-refractivity contribution in [2.24, 2.45) is 0 Å². The van der Waals surface area contributed by atoms with Gasteiger partial charge in [0.1, 0.15) is 6.61 Å². The third-order valence-electron chi connectivity index (χ3n) is 2.87. The summed E-state index contributed by atoms with van der Waals surface area (Å²) in [6.45, 7) is 0.995. The quantitative estimate of drug-likeness (QED) is 0.892. The van der Waals surface area contributed by atoms with Gasteiger partial charge in [0.2, 0.25) is 0 Å². The molecule has 1 aromatic rings. The van der Waals surface area contributed by atoms with Gasteiger partial charge in [0.05, 0.1) is 17.2 Å². The Hall–Kier alpha value is -1.96. The molecule has 0 radical (unpaired) electrons. The van der Waals surface area contributed by atoms with E-state index < -0.39 is 40.2 Å². The summed E-state index contributed by atoms with van der Waals surface area (Å²) in [5.74, 6) is -0.809. The number of benzene rings is 1. The number of halogens is 3. The van der Waals surface area contributed by atoms with E-state index in [0.717, 1.165) is 12.1 Å². The number of alkyl halides is 3. The van der Waals surface area contributed by atoms with Gasteiger partial charge < -0.3 is 5.32 Å². The number of nitrogens with zero attached hydrogens (tertiary/aromatic N) is 1. The van der Waals surface area contributed by atoms with Crippen molar-refractivity contribution in [1.82, 2.24) is 0 Å². The first-order valence-corrected chi connectivity index (χ1v) is 6.83. The van der Waals surface area contributed by atoms with Crippen molar-refractivity contribution < 1.29 is 30.5 Å². The molecule has 2 rings (SSSR count). The molecule has 1 amide bonds. The number of nitrogens with one attached hydrogen (secondary N) is 1. The molecule has 0 bridgehead atoms. The van der Waals surface area contributed by atoms with E-state index in [1.54, 1.807) is 0 Å². The van der Waals surface area contributed by atoms with Crippen molar-refractivity contribution >= 4 is 23.0 Å². The Balaban J connectivity index is 2.26. The van der Waals surface area contributed by atoms with Crippen LogP contribution in [0.25, 0.3) is 0 Å². The van der Waals surface area contributed by atoms with E-state index in [4.69, 9.17) is 9.44 Å². The molecule has 0 saturated carbocycles. The lowest BCUT2D eigenvalue weighted by atomic mass is 10.1. The molecule has 1 heterocycles. The number of rotatable bonds is 2. The van der Waals surface area contributed by atoms with Crippen molar-refractivity contribution in [3.63, 3.8) is 0 Å². The number of anilines is 1. The van der Waals surface area contributed by atoms with Gasteiger partial charge in [-0.05, 0) is 25.1 Å². The second kappa shape index (κ2) is 5.68. The Bertz CT molecular complexity index is 686. The van der Waals surface area contributed by atoms with Crippen molar-refractivity contribution in [2.45, 2.75) is 18.7 Å². The molecule has 6 nitrogen and oxygen atoms in total. The first-order valence-electron chi connectivity index (χ1n) is 5.83. The molecule has 118 valence electrons. The van der Waals surface area contributed by atoms with Crippen molar-refractivity contribution in [1.29, 1.82) is 5.26 Å². The van der Waals surface area contributed by atoms with Crippen LogP contribution in [0.15, 0.2) is 18.2 Å². The number of carbonyl (C=O) groups is 1. The van der Waals surface area contributed by atoms with Crippen LogP contribution in [0.3, 0.4) is 0 Å². The van der Waals surface area contributed by atoms with Crippen LogP contribution in [-0.4, -0.2) is 22.3 Å². The Morgan fingerprint density at radius 3 is 2.68 bits per heavy atom. The maximum Gasteiger partial charge on any atom is 0.417 e. The largest absolute Gasteiger partial charge is 0.417 e. The molecule has 0 aromatic heterocycles. The van der Waals surface area contributed by atoms with E-state index in [1.165, 1.54) is 13.0 Å². The molecule has 1 saturated heterocycles. The van der Waals surface area contributed by atoms with Gasteiger partial charge in [-0.3, -0.25) is 8.98 Å². The highest BCUT2D eigenvalue weighted by Crippen LogP contribution is 2.34. The van der Waals surface area contributed by atoms with Crippen LogP contribution >= 0.6 is 0 Å². The Morgan fingerprint density at radius 1 is 1.50 bits per heavy atom. The van der Waals surface area contributed by atoms with E-state index in [-0.39, 0.29) is 12.3 Å². The maximum atomic E-state index is 12.8. The topological polar surface area (TPSA) is 88.4 Å². The third-order valence-corrected chi connectivity index (χ3v) is 3.68. The predicted molar refractivity (Wildman–Crippen MR) is 68.4 cm³/mol. The minimum absolute atomic E-state index is 0.168. The molecular weight excluding hydrogens is 325 g/mol. The predicted octanol–water partition coefficient (Wildman–Crippen LogP) is 1.90. The summed E-state index contributed by atoms with van der Waals surface area (Å²) < 4.78 is 58.9. The monoisotopic (exact) mass is 334 g/mol. The van der Waals surface area contributed by atoms with Gasteiger partial charge in [-0.2, -0.15) is 22.6 Å². The summed E-state index contributed by atoms with van der Waals surface area (Å²) in [6.07, 6.45) is -4.73. The van der Waals surface area contributed by atoms with Crippen LogP contribution < -0.4 is 5.32 Å². The van der Waals surface area contributed by atoms with E-state index in [1.807, 2.05) is 0 Å². The molecule has 1 aliphatic rings. The van der Waals surface area contributed by atoms with Gasteiger partial charge >= 0.3 is 17.5 Å². The average molecular weight is 334 g/mol. The molecule has 1 fully saturated rings. The van der Waals surface area contributed by atoms with E-state index >= 15 is 0 Å². The average Bonchev–Trinajstić information content (AvgIpc) is 2.79. The van der Waals surface area contributed by atoms with E-state index in [2.05, 4.69) is 9.50 Å². The number of hydrogen-bond donors (Lipinski definition) is 1. The zero-order chi connectivity index (χ0) is 16.5. The number of hydrogen-bond acceptors (Lipinski definition) is 5. The molecule has 1 aromatic carbocycles. The minimum atomic E-state index is -4.73. The summed E-state index contributed by atoms with van der Waals surface area (Å²) in [4.78, 5) is 12.0. The van der Waals surface area contributed by atoms with E-state index in [9.17, 15) is 22.2 Å². The molecule has 2 atom stereocenters. The summed E-state index contributed by atoms with van der Waals surface area (Å²) >= 11 is -2.08. The molecule has 1 aliphatic heterocycles. The summed E-state index contributed by atoms with van der Waals surface area (Å²) in [5, 5.41) is 10.9. The summed E-state index contributed by atoms with van der Waals surface area (Å²) in [5.41, 5.74) is -3.46. The van der Waals surface area contributed by atoms with E-state index in [0.29, 0.717) is 6.07 Å². The lowest BCUT2D eigenvalue weighted by Crippen LogP contribution is -2.42. The smallest absolute Gasteiger partial charge is 0.323 e. The number of carbonyl (C=O) groups excluding carboxylic acids is 1. The SMILES string of the molecule is CC1(C(=O)Nc2ccc(C#N)c(C(F)(F)F)c2)COS(=O)O1. The lowest BCUT2D eigenvalue weighted by Gasteiger charge is -2.19. The third kappa shape index (κ3) is 3.27. The standard InChI is InChI=1S/C12H9F3N2O4S/c1-11(6-20-22(19)21-11)10(18)17-8-3-2-7(5-16)9(4-8)12(13,14)15/h2-4H,6H2,1H3,(H,17,18). The number of nitriles is 1. The summed E-state index contributed by atoms with van der Waals surface area (Å²) in [7, 11) is 0. The highest BCUT2D eigenvalue weighted by Gasteiger charge is 2.44. The highest BCUT2D eigenvalue weighted by atomic mass is 32.2. The molecule has 10 heteroatoms. The molecular formula is C12H9F3N2O4S. The normalized spacial score (nSPS) is 24.8. The fourth-order valence-corrected chi connectivity index (χ4v) is 2.47. The van der Waals surface area contributed by atoms with Gasteiger partial charge in [0.25, 0.3) is 5.91 Å². The van der Waals surface area contributed by atoms with Gasteiger partial charge in [0, 0.05) is 5.69 Å². The molecule has 22 heavy (non-hydrogen) atoms. The van der Waals surface area contributed by atoms with Gasteiger partial charge in [-0.25, -0.2) is 4.18 Å².